The van der Waals surface area contributed by atoms with Crippen LogP contribution in [-0.4, -0.2) is 25.9 Å². The molecule has 0 radical (unpaired) electrons. The summed E-state index contributed by atoms with van der Waals surface area (Å²) < 4.78 is 0. The van der Waals surface area contributed by atoms with Gasteiger partial charge in [-0.05, 0) is 17.7 Å². The molecule has 1 aromatic carbocycles. The van der Waals surface area contributed by atoms with E-state index < -0.39 is 6.17 Å². The first-order chi connectivity index (χ1) is 9.47. The number of carbonyl (C=O) groups is 2. The van der Waals surface area contributed by atoms with Crippen LogP contribution in [-0.2, 0) is 9.59 Å². The SMILES string of the molecule is CCC(=O)NC(NC(=O)CC)c1ccc(N(C)C)cc1. The Morgan fingerprint density at radius 3 is 1.80 bits per heavy atom. The van der Waals surface area contributed by atoms with E-state index in [1.54, 1.807) is 13.8 Å². The number of benzene rings is 1. The predicted molar refractivity (Wildman–Crippen MR) is 80.4 cm³/mol. The van der Waals surface area contributed by atoms with E-state index in [9.17, 15) is 9.59 Å². The third-order valence-corrected chi connectivity index (χ3v) is 3.00. The molecule has 0 atom stereocenters. The summed E-state index contributed by atoms with van der Waals surface area (Å²) in [7, 11) is 3.93. The van der Waals surface area contributed by atoms with Crippen molar-refractivity contribution in [3.8, 4) is 0 Å². The van der Waals surface area contributed by atoms with Gasteiger partial charge in [0, 0.05) is 32.6 Å². The van der Waals surface area contributed by atoms with Crippen LogP contribution in [0.25, 0.3) is 0 Å². The molecule has 20 heavy (non-hydrogen) atoms. The average molecular weight is 277 g/mol. The second kappa shape index (κ2) is 7.53. The summed E-state index contributed by atoms with van der Waals surface area (Å²) in [6, 6.07) is 7.73. The van der Waals surface area contributed by atoms with E-state index in [0.717, 1.165) is 11.3 Å². The smallest absolute Gasteiger partial charge is 0.221 e. The fourth-order valence-corrected chi connectivity index (χ4v) is 1.69. The van der Waals surface area contributed by atoms with Crippen LogP contribution < -0.4 is 15.5 Å². The fraction of sp³-hybridized carbons (Fsp3) is 0.467. The number of carbonyl (C=O) groups excluding carboxylic acids is 2. The summed E-state index contributed by atoms with van der Waals surface area (Å²) >= 11 is 0. The quantitative estimate of drug-likeness (QED) is 0.780. The molecule has 0 bridgehead atoms. The van der Waals surface area contributed by atoms with E-state index >= 15 is 0 Å². The zero-order valence-corrected chi connectivity index (χ0v) is 12.6. The predicted octanol–water partition coefficient (Wildman–Crippen LogP) is 1.80. The second-order valence-corrected chi connectivity index (χ2v) is 4.76. The summed E-state index contributed by atoms with van der Waals surface area (Å²) in [5.41, 5.74) is 1.93. The van der Waals surface area contributed by atoms with Gasteiger partial charge < -0.3 is 15.5 Å². The van der Waals surface area contributed by atoms with Crippen LogP contribution in [0.1, 0.15) is 38.4 Å². The molecule has 0 unspecified atom stereocenters. The topological polar surface area (TPSA) is 61.4 Å². The van der Waals surface area contributed by atoms with Gasteiger partial charge in [0.15, 0.2) is 0 Å². The Labute approximate surface area is 120 Å². The van der Waals surface area contributed by atoms with Crippen LogP contribution >= 0.6 is 0 Å². The van der Waals surface area contributed by atoms with Crippen molar-refractivity contribution >= 4 is 17.5 Å². The third kappa shape index (κ3) is 4.57. The first-order valence-electron chi connectivity index (χ1n) is 6.83. The Balaban J connectivity index is 2.90. The van der Waals surface area contributed by atoms with E-state index in [1.807, 2.05) is 43.3 Å². The van der Waals surface area contributed by atoms with E-state index in [0.29, 0.717) is 12.8 Å². The molecule has 2 amide bonds. The Bertz CT molecular complexity index is 437. The lowest BCUT2D eigenvalue weighted by molar-refractivity contribution is -0.124. The van der Waals surface area contributed by atoms with E-state index in [4.69, 9.17) is 0 Å². The number of anilines is 1. The number of hydrogen-bond acceptors (Lipinski definition) is 3. The maximum Gasteiger partial charge on any atom is 0.221 e. The van der Waals surface area contributed by atoms with Crippen molar-refractivity contribution in [1.82, 2.24) is 10.6 Å². The van der Waals surface area contributed by atoms with Crippen LogP contribution in [0.2, 0.25) is 0 Å². The summed E-state index contributed by atoms with van der Waals surface area (Å²) in [5, 5.41) is 5.62. The largest absolute Gasteiger partial charge is 0.378 e. The van der Waals surface area contributed by atoms with Crippen LogP contribution in [0.3, 0.4) is 0 Å². The first-order valence-corrected chi connectivity index (χ1v) is 6.83. The van der Waals surface area contributed by atoms with Crippen molar-refractivity contribution in [1.29, 1.82) is 0 Å². The lowest BCUT2D eigenvalue weighted by Crippen LogP contribution is -2.40. The van der Waals surface area contributed by atoms with Gasteiger partial charge in [-0.3, -0.25) is 9.59 Å². The molecular weight excluding hydrogens is 254 g/mol. The first kappa shape index (κ1) is 16.0. The van der Waals surface area contributed by atoms with Gasteiger partial charge in [-0.2, -0.15) is 0 Å². The van der Waals surface area contributed by atoms with Crippen molar-refractivity contribution < 1.29 is 9.59 Å². The maximum absolute atomic E-state index is 11.6. The Morgan fingerprint density at radius 2 is 1.45 bits per heavy atom. The molecule has 0 aliphatic rings. The van der Waals surface area contributed by atoms with Crippen molar-refractivity contribution in [2.75, 3.05) is 19.0 Å². The third-order valence-electron chi connectivity index (χ3n) is 3.00. The van der Waals surface area contributed by atoms with Crippen LogP contribution in [0.15, 0.2) is 24.3 Å². The lowest BCUT2D eigenvalue weighted by atomic mass is 10.1. The molecule has 0 saturated carbocycles. The van der Waals surface area contributed by atoms with Crippen LogP contribution in [0.5, 0.6) is 0 Å². The van der Waals surface area contributed by atoms with Crippen molar-refractivity contribution in [3.05, 3.63) is 29.8 Å². The van der Waals surface area contributed by atoms with E-state index in [1.165, 1.54) is 0 Å². The molecule has 5 heteroatoms. The highest BCUT2D eigenvalue weighted by Gasteiger charge is 2.15. The van der Waals surface area contributed by atoms with Crippen LogP contribution in [0, 0.1) is 0 Å². The minimum atomic E-state index is -0.480. The minimum Gasteiger partial charge on any atom is -0.378 e. The molecule has 0 spiro atoms. The van der Waals surface area contributed by atoms with Gasteiger partial charge in [0.25, 0.3) is 0 Å². The van der Waals surface area contributed by atoms with Gasteiger partial charge in [0.05, 0.1) is 0 Å². The van der Waals surface area contributed by atoms with Gasteiger partial charge in [0.1, 0.15) is 6.17 Å². The highest BCUT2D eigenvalue weighted by molar-refractivity contribution is 5.79. The molecule has 5 nitrogen and oxygen atoms in total. The van der Waals surface area contributed by atoms with Crippen molar-refractivity contribution in [3.63, 3.8) is 0 Å². The zero-order chi connectivity index (χ0) is 15.1. The summed E-state index contributed by atoms with van der Waals surface area (Å²) in [6.07, 6.45) is 0.286. The van der Waals surface area contributed by atoms with Crippen molar-refractivity contribution in [2.45, 2.75) is 32.9 Å². The van der Waals surface area contributed by atoms with Gasteiger partial charge in [-0.25, -0.2) is 0 Å². The number of nitrogens with one attached hydrogen (secondary N) is 2. The number of amides is 2. The number of hydrogen-bond donors (Lipinski definition) is 2. The van der Waals surface area contributed by atoms with Crippen molar-refractivity contribution in [2.24, 2.45) is 0 Å². The summed E-state index contributed by atoms with van der Waals surface area (Å²) in [6.45, 7) is 3.56. The number of nitrogens with zero attached hydrogens (tertiary/aromatic N) is 1. The van der Waals surface area contributed by atoms with Gasteiger partial charge in [-0.1, -0.05) is 26.0 Å². The highest BCUT2D eigenvalue weighted by atomic mass is 16.2. The van der Waals surface area contributed by atoms with Gasteiger partial charge in [0.2, 0.25) is 11.8 Å². The lowest BCUT2D eigenvalue weighted by Gasteiger charge is -2.21. The zero-order valence-electron chi connectivity index (χ0n) is 12.6. The van der Waals surface area contributed by atoms with Gasteiger partial charge in [-0.15, -0.1) is 0 Å². The second-order valence-electron chi connectivity index (χ2n) is 4.76. The summed E-state index contributed by atoms with van der Waals surface area (Å²) in [5.74, 6) is -0.189. The molecule has 1 rings (SSSR count). The molecule has 2 N–H and O–H groups in total. The molecular formula is C15H23N3O2. The highest BCUT2D eigenvalue weighted by Crippen LogP contribution is 2.16. The molecule has 0 fully saturated rings. The Hall–Kier alpha value is -2.04. The van der Waals surface area contributed by atoms with E-state index in [2.05, 4.69) is 10.6 Å². The Kier molecular flexibility index (Phi) is 6.03. The van der Waals surface area contributed by atoms with Gasteiger partial charge >= 0.3 is 0 Å². The fourth-order valence-electron chi connectivity index (χ4n) is 1.69. The molecule has 0 heterocycles. The molecule has 1 aromatic rings. The monoisotopic (exact) mass is 277 g/mol. The standard InChI is InChI=1S/C15H23N3O2/c1-5-13(19)16-15(17-14(20)6-2)11-7-9-12(10-8-11)18(3)4/h7-10,15H,5-6H2,1-4H3,(H,16,19)(H,17,20). The Morgan fingerprint density at radius 1 is 1.00 bits per heavy atom. The average Bonchev–Trinajstić information content (AvgIpc) is 2.46. The normalized spacial score (nSPS) is 10.2. The number of rotatable bonds is 6. The molecule has 0 aliphatic carbocycles. The molecule has 110 valence electrons. The van der Waals surface area contributed by atoms with E-state index in [-0.39, 0.29) is 11.8 Å². The van der Waals surface area contributed by atoms with Crippen LogP contribution in [0.4, 0.5) is 5.69 Å². The minimum absolute atomic E-state index is 0.0944. The maximum atomic E-state index is 11.6. The molecule has 0 aliphatic heterocycles. The summed E-state index contributed by atoms with van der Waals surface area (Å²) in [4.78, 5) is 25.1. The molecule has 0 aromatic heterocycles. The molecule has 0 saturated heterocycles.